The van der Waals surface area contributed by atoms with Gasteiger partial charge in [0, 0.05) is 31.2 Å². The molecular weight excluding hydrogens is 276 g/mol. The normalized spacial score (nSPS) is 16.8. The number of hydrogen-bond acceptors (Lipinski definition) is 5. The van der Waals surface area contributed by atoms with Gasteiger partial charge in [0.1, 0.15) is 12.1 Å². The van der Waals surface area contributed by atoms with Crippen molar-refractivity contribution in [3.8, 4) is 0 Å². The first-order valence-corrected chi connectivity index (χ1v) is 6.96. The molecular formula is C13H17ClN6. The number of aromatic nitrogens is 4. The minimum absolute atomic E-state index is 0.463. The van der Waals surface area contributed by atoms with Gasteiger partial charge in [0.05, 0.1) is 18.1 Å². The third-order valence-electron chi connectivity index (χ3n) is 3.54. The summed E-state index contributed by atoms with van der Waals surface area (Å²) in [6.07, 6.45) is 3.40. The van der Waals surface area contributed by atoms with Crippen LogP contribution in [0.5, 0.6) is 0 Å². The average molecular weight is 293 g/mol. The second kappa shape index (κ2) is 5.38. The molecule has 0 aromatic carbocycles. The lowest BCUT2D eigenvalue weighted by Crippen LogP contribution is -2.44. The first-order chi connectivity index (χ1) is 9.65. The van der Waals surface area contributed by atoms with Gasteiger partial charge in [-0.25, -0.2) is 14.6 Å². The van der Waals surface area contributed by atoms with Gasteiger partial charge in [-0.3, -0.25) is 0 Å². The van der Waals surface area contributed by atoms with E-state index in [1.165, 1.54) is 0 Å². The van der Waals surface area contributed by atoms with Crippen LogP contribution in [-0.4, -0.2) is 57.9 Å². The lowest BCUT2D eigenvalue weighted by atomic mass is 10.3. The largest absolute Gasteiger partial charge is 0.353 e. The predicted octanol–water partition coefficient (Wildman–Crippen LogP) is 1.33. The van der Waals surface area contributed by atoms with Crippen LogP contribution in [0.2, 0.25) is 0 Å². The van der Waals surface area contributed by atoms with Gasteiger partial charge in [-0.2, -0.15) is 5.10 Å². The third kappa shape index (κ3) is 2.48. The Morgan fingerprint density at radius 2 is 2.05 bits per heavy atom. The monoisotopic (exact) mass is 292 g/mol. The highest BCUT2D eigenvalue weighted by Gasteiger charge is 2.19. The molecule has 0 unspecified atom stereocenters. The quantitative estimate of drug-likeness (QED) is 0.854. The topological polar surface area (TPSA) is 50.1 Å². The zero-order chi connectivity index (χ0) is 14.1. The van der Waals surface area contributed by atoms with Crippen molar-refractivity contribution in [1.29, 1.82) is 0 Å². The Labute approximate surface area is 122 Å². The lowest BCUT2D eigenvalue weighted by Gasteiger charge is -2.33. The van der Waals surface area contributed by atoms with E-state index in [0.717, 1.165) is 43.0 Å². The second-order valence-electron chi connectivity index (χ2n) is 5.04. The molecule has 0 N–H and O–H groups in total. The summed E-state index contributed by atoms with van der Waals surface area (Å²) in [5.74, 6) is 0.953. The Morgan fingerprint density at radius 1 is 1.30 bits per heavy atom. The molecule has 106 valence electrons. The van der Waals surface area contributed by atoms with Crippen LogP contribution in [0, 0.1) is 0 Å². The zero-order valence-corrected chi connectivity index (χ0v) is 12.2. The van der Waals surface area contributed by atoms with Gasteiger partial charge in [0.15, 0.2) is 5.65 Å². The molecule has 3 rings (SSSR count). The van der Waals surface area contributed by atoms with E-state index in [-0.39, 0.29) is 0 Å². The van der Waals surface area contributed by atoms with E-state index >= 15 is 0 Å². The molecule has 7 heteroatoms. The highest BCUT2D eigenvalue weighted by molar-refractivity contribution is 6.29. The van der Waals surface area contributed by atoms with Crippen LogP contribution in [0.4, 0.5) is 5.82 Å². The van der Waals surface area contributed by atoms with E-state index in [1.54, 1.807) is 11.0 Å². The summed E-state index contributed by atoms with van der Waals surface area (Å²) in [6.45, 7) is 8.18. The molecule has 0 aliphatic carbocycles. The van der Waals surface area contributed by atoms with E-state index < -0.39 is 0 Å². The van der Waals surface area contributed by atoms with E-state index in [1.807, 2.05) is 6.20 Å². The molecule has 0 radical (unpaired) electrons. The molecule has 0 amide bonds. The fourth-order valence-electron chi connectivity index (χ4n) is 2.43. The number of likely N-dealkylation sites (N-methyl/N-ethyl adjacent to an activating group) is 1. The molecule has 1 aliphatic heterocycles. The molecule has 0 spiro atoms. The fraction of sp³-hybridized carbons (Fsp3) is 0.462. The van der Waals surface area contributed by atoms with Gasteiger partial charge in [-0.1, -0.05) is 18.2 Å². The van der Waals surface area contributed by atoms with E-state index in [4.69, 9.17) is 11.6 Å². The van der Waals surface area contributed by atoms with Crippen LogP contribution in [0.3, 0.4) is 0 Å². The predicted molar refractivity (Wildman–Crippen MR) is 80.0 cm³/mol. The Morgan fingerprint density at radius 3 is 2.75 bits per heavy atom. The number of nitrogens with zero attached hydrogens (tertiary/aromatic N) is 6. The molecule has 0 atom stereocenters. The van der Waals surface area contributed by atoms with E-state index in [0.29, 0.717) is 11.6 Å². The summed E-state index contributed by atoms with van der Waals surface area (Å²) < 4.78 is 1.76. The van der Waals surface area contributed by atoms with Gasteiger partial charge in [0.25, 0.3) is 0 Å². The van der Waals surface area contributed by atoms with Crippen LogP contribution < -0.4 is 4.90 Å². The molecule has 1 aliphatic rings. The van der Waals surface area contributed by atoms with E-state index in [2.05, 4.69) is 38.5 Å². The van der Waals surface area contributed by atoms with Crippen molar-refractivity contribution in [3.05, 3.63) is 24.1 Å². The van der Waals surface area contributed by atoms with E-state index in [9.17, 15) is 0 Å². The summed E-state index contributed by atoms with van der Waals surface area (Å²) in [5, 5.41) is 5.84. The van der Waals surface area contributed by atoms with Gasteiger partial charge >= 0.3 is 0 Å². The standard InChI is InChI=1S/C13H17ClN6/c1-10(14)8-20-13-11(7-17-20)12(15-9-16-13)19-5-3-18(2)4-6-19/h7,9H,1,3-6,8H2,2H3. The maximum atomic E-state index is 5.86. The highest BCUT2D eigenvalue weighted by Crippen LogP contribution is 2.24. The molecule has 2 aromatic heterocycles. The van der Waals surface area contributed by atoms with Crippen molar-refractivity contribution in [2.45, 2.75) is 6.54 Å². The average Bonchev–Trinajstić information content (AvgIpc) is 2.82. The van der Waals surface area contributed by atoms with Crippen LogP contribution >= 0.6 is 11.6 Å². The van der Waals surface area contributed by atoms with Crippen LogP contribution in [0.1, 0.15) is 0 Å². The smallest absolute Gasteiger partial charge is 0.163 e. The molecule has 0 saturated carbocycles. The van der Waals surface area contributed by atoms with Crippen molar-refractivity contribution in [3.63, 3.8) is 0 Å². The maximum Gasteiger partial charge on any atom is 0.163 e. The third-order valence-corrected chi connectivity index (χ3v) is 3.66. The number of rotatable bonds is 3. The molecule has 1 fully saturated rings. The van der Waals surface area contributed by atoms with Crippen LogP contribution in [-0.2, 0) is 6.54 Å². The summed E-state index contributed by atoms with van der Waals surface area (Å²) in [6, 6.07) is 0. The molecule has 2 aromatic rings. The Kier molecular flexibility index (Phi) is 3.58. The van der Waals surface area contributed by atoms with Crippen LogP contribution in [0.15, 0.2) is 24.1 Å². The number of fused-ring (bicyclic) bond motifs is 1. The Hall–Kier alpha value is -1.66. The van der Waals surface area contributed by atoms with Gasteiger partial charge in [-0.15, -0.1) is 0 Å². The summed E-state index contributed by atoms with van der Waals surface area (Å²) in [4.78, 5) is 13.4. The number of anilines is 1. The van der Waals surface area contributed by atoms with Gasteiger partial charge in [0.2, 0.25) is 0 Å². The second-order valence-corrected chi connectivity index (χ2v) is 5.58. The summed E-state index contributed by atoms with van der Waals surface area (Å²) in [7, 11) is 2.14. The Balaban J connectivity index is 1.96. The SMILES string of the molecule is C=C(Cl)Cn1ncc2c(N3CCN(C)CC3)ncnc21. The molecule has 1 saturated heterocycles. The van der Waals surface area contributed by atoms with Crippen molar-refractivity contribution < 1.29 is 0 Å². The van der Waals surface area contributed by atoms with Crippen molar-refractivity contribution >= 4 is 28.5 Å². The molecule has 3 heterocycles. The van der Waals surface area contributed by atoms with Gasteiger partial charge in [-0.05, 0) is 7.05 Å². The zero-order valence-electron chi connectivity index (χ0n) is 11.5. The summed E-state index contributed by atoms with van der Waals surface area (Å²) in [5.41, 5.74) is 0.802. The lowest BCUT2D eigenvalue weighted by molar-refractivity contribution is 0.312. The number of piperazine rings is 1. The molecule has 20 heavy (non-hydrogen) atoms. The number of allylic oxidation sites excluding steroid dienone is 1. The Bertz CT molecular complexity index is 629. The first kappa shape index (κ1) is 13.3. The first-order valence-electron chi connectivity index (χ1n) is 6.58. The highest BCUT2D eigenvalue weighted by atomic mass is 35.5. The van der Waals surface area contributed by atoms with Crippen molar-refractivity contribution in [1.82, 2.24) is 24.6 Å². The summed E-state index contributed by atoms with van der Waals surface area (Å²) >= 11 is 5.86. The van der Waals surface area contributed by atoms with Crippen LogP contribution in [0.25, 0.3) is 11.0 Å². The molecule has 6 nitrogen and oxygen atoms in total. The number of halogens is 1. The minimum atomic E-state index is 0.463. The fourth-order valence-corrected chi connectivity index (χ4v) is 2.54. The molecule has 0 bridgehead atoms. The number of hydrogen-bond donors (Lipinski definition) is 0. The van der Waals surface area contributed by atoms with Gasteiger partial charge < -0.3 is 9.80 Å². The maximum absolute atomic E-state index is 5.86. The van der Waals surface area contributed by atoms with Crippen molar-refractivity contribution in [2.24, 2.45) is 0 Å². The van der Waals surface area contributed by atoms with Crippen molar-refractivity contribution in [2.75, 3.05) is 38.1 Å². The minimum Gasteiger partial charge on any atom is -0.353 e.